The Morgan fingerprint density at radius 2 is 2.23 bits per heavy atom. The SMILES string of the molecule is O=C(O)NCCCn1cc(C(CNC(=O)[C@H]2CNCCO2)C2CC2)c2cccnc21. The Kier molecular flexibility index (Phi) is 6.49. The van der Waals surface area contributed by atoms with Crippen molar-refractivity contribution in [3.05, 3.63) is 30.1 Å². The molecule has 2 aromatic heterocycles. The lowest BCUT2D eigenvalue weighted by Gasteiger charge is -2.24. The first-order valence-electron chi connectivity index (χ1n) is 10.6. The Morgan fingerprint density at radius 1 is 1.37 bits per heavy atom. The Balaban J connectivity index is 1.47. The van der Waals surface area contributed by atoms with Crippen LogP contribution in [0.4, 0.5) is 4.79 Å². The number of carboxylic acid groups (broad SMARTS) is 1. The first kappa shape index (κ1) is 20.6. The minimum absolute atomic E-state index is 0.0607. The zero-order chi connectivity index (χ0) is 20.9. The van der Waals surface area contributed by atoms with Gasteiger partial charge in [0.1, 0.15) is 11.8 Å². The standard InChI is InChI=1S/C21H29N5O4/c27-20(18-12-22-8-10-30-18)25-11-16(14-4-5-14)17-13-26(9-2-7-24-21(28)29)19-15(17)3-1-6-23-19/h1,3,6,13-14,16,18,22,24H,2,4-5,7-12H2,(H,25,27)(H,28,29)/t16?,18-/m1/s1. The lowest BCUT2D eigenvalue weighted by atomic mass is 9.94. The molecule has 1 aliphatic heterocycles. The van der Waals surface area contributed by atoms with Crippen molar-refractivity contribution in [3.8, 4) is 0 Å². The average Bonchev–Trinajstić information content (AvgIpc) is 3.54. The molecule has 2 amide bonds. The number of carbonyl (C=O) groups is 2. The van der Waals surface area contributed by atoms with Crippen molar-refractivity contribution in [1.29, 1.82) is 0 Å². The molecule has 0 bridgehead atoms. The quantitative estimate of drug-likeness (QED) is 0.459. The van der Waals surface area contributed by atoms with Crippen molar-refractivity contribution < 1.29 is 19.4 Å². The number of fused-ring (bicyclic) bond motifs is 1. The van der Waals surface area contributed by atoms with Gasteiger partial charge in [0.25, 0.3) is 0 Å². The fraction of sp³-hybridized carbons (Fsp3) is 0.571. The molecule has 1 aliphatic carbocycles. The summed E-state index contributed by atoms with van der Waals surface area (Å²) in [7, 11) is 0. The van der Waals surface area contributed by atoms with Gasteiger partial charge >= 0.3 is 6.09 Å². The molecule has 0 radical (unpaired) electrons. The maximum atomic E-state index is 12.5. The van der Waals surface area contributed by atoms with Crippen LogP contribution in [0.5, 0.6) is 0 Å². The zero-order valence-corrected chi connectivity index (χ0v) is 17.0. The number of rotatable bonds is 9. The molecule has 2 aromatic rings. The number of nitrogens with one attached hydrogen (secondary N) is 3. The van der Waals surface area contributed by atoms with E-state index in [-0.39, 0.29) is 11.8 Å². The molecule has 3 heterocycles. The Bertz CT molecular complexity index is 889. The first-order valence-corrected chi connectivity index (χ1v) is 10.6. The molecule has 9 heteroatoms. The first-order chi connectivity index (χ1) is 14.6. The summed E-state index contributed by atoms with van der Waals surface area (Å²) in [6.45, 7) is 3.54. The molecular formula is C21H29N5O4. The van der Waals surface area contributed by atoms with E-state index in [4.69, 9.17) is 9.84 Å². The number of nitrogens with zero attached hydrogens (tertiary/aromatic N) is 2. The van der Waals surface area contributed by atoms with Gasteiger partial charge in [0, 0.05) is 56.4 Å². The number of aryl methyl sites for hydroxylation is 1. The third-order valence-electron chi connectivity index (χ3n) is 5.82. The van der Waals surface area contributed by atoms with Gasteiger partial charge in [-0.2, -0.15) is 0 Å². The number of amides is 2. The van der Waals surface area contributed by atoms with E-state index in [1.54, 1.807) is 6.20 Å². The number of hydrogen-bond donors (Lipinski definition) is 4. The largest absolute Gasteiger partial charge is 0.465 e. The van der Waals surface area contributed by atoms with Crippen LogP contribution >= 0.6 is 0 Å². The number of pyridine rings is 1. The third-order valence-corrected chi connectivity index (χ3v) is 5.82. The van der Waals surface area contributed by atoms with Crippen molar-refractivity contribution in [2.45, 2.75) is 37.8 Å². The molecule has 1 saturated heterocycles. The van der Waals surface area contributed by atoms with Gasteiger partial charge in [-0.3, -0.25) is 4.79 Å². The maximum Gasteiger partial charge on any atom is 0.404 e. The average molecular weight is 415 g/mol. The van der Waals surface area contributed by atoms with Gasteiger partial charge < -0.3 is 30.4 Å². The molecule has 0 aromatic carbocycles. The van der Waals surface area contributed by atoms with Crippen molar-refractivity contribution in [3.63, 3.8) is 0 Å². The highest BCUT2D eigenvalue weighted by Crippen LogP contribution is 2.44. The topological polar surface area (TPSA) is 118 Å². The van der Waals surface area contributed by atoms with Gasteiger partial charge in [-0.05, 0) is 42.9 Å². The summed E-state index contributed by atoms with van der Waals surface area (Å²) in [4.78, 5) is 27.7. The van der Waals surface area contributed by atoms with E-state index in [1.807, 2.05) is 6.07 Å². The summed E-state index contributed by atoms with van der Waals surface area (Å²) in [5, 5.41) is 18.5. The van der Waals surface area contributed by atoms with Crippen molar-refractivity contribution in [1.82, 2.24) is 25.5 Å². The molecule has 0 spiro atoms. The monoisotopic (exact) mass is 415 g/mol. The number of aromatic nitrogens is 2. The molecular weight excluding hydrogens is 386 g/mol. The molecule has 9 nitrogen and oxygen atoms in total. The van der Waals surface area contributed by atoms with Crippen molar-refractivity contribution in [2.75, 3.05) is 32.8 Å². The molecule has 1 unspecified atom stereocenters. The molecule has 4 rings (SSSR count). The third kappa shape index (κ3) is 4.91. The van der Waals surface area contributed by atoms with Crippen molar-refractivity contribution >= 4 is 23.0 Å². The number of carbonyl (C=O) groups excluding carboxylic acids is 1. The Hall–Kier alpha value is -2.65. The predicted octanol–water partition coefficient (Wildman–Crippen LogP) is 1.29. The highest BCUT2D eigenvalue weighted by Gasteiger charge is 2.35. The van der Waals surface area contributed by atoms with Gasteiger partial charge in [-0.25, -0.2) is 9.78 Å². The van der Waals surface area contributed by atoms with E-state index >= 15 is 0 Å². The summed E-state index contributed by atoms with van der Waals surface area (Å²) >= 11 is 0. The second kappa shape index (κ2) is 9.44. The van der Waals surface area contributed by atoms with E-state index in [2.05, 4.69) is 37.8 Å². The fourth-order valence-electron chi connectivity index (χ4n) is 4.15. The summed E-state index contributed by atoms with van der Waals surface area (Å²) in [5.74, 6) is 0.730. The minimum Gasteiger partial charge on any atom is -0.465 e. The van der Waals surface area contributed by atoms with Gasteiger partial charge in [0.2, 0.25) is 5.91 Å². The lowest BCUT2D eigenvalue weighted by Crippen LogP contribution is -2.48. The summed E-state index contributed by atoms with van der Waals surface area (Å²) in [6.07, 6.45) is 5.49. The van der Waals surface area contributed by atoms with Crippen LogP contribution in [-0.2, 0) is 16.1 Å². The minimum atomic E-state index is -1.01. The molecule has 2 aliphatic rings. The van der Waals surface area contributed by atoms with E-state index in [0.29, 0.717) is 45.1 Å². The van der Waals surface area contributed by atoms with E-state index in [1.165, 1.54) is 5.56 Å². The second-order valence-electron chi connectivity index (χ2n) is 7.99. The van der Waals surface area contributed by atoms with Crippen LogP contribution in [0.1, 0.15) is 30.7 Å². The normalized spacial score (nSPS) is 20.1. The summed E-state index contributed by atoms with van der Waals surface area (Å²) < 4.78 is 7.66. The van der Waals surface area contributed by atoms with E-state index in [9.17, 15) is 9.59 Å². The lowest BCUT2D eigenvalue weighted by molar-refractivity contribution is -0.134. The highest BCUT2D eigenvalue weighted by molar-refractivity contribution is 5.83. The Labute approximate surface area is 175 Å². The van der Waals surface area contributed by atoms with Crippen molar-refractivity contribution in [2.24, 2.45) is 5.92 Å². The van der Waals surface area contributed by atoms with Gasteiger partial charge in [-0.15, -0.1) is 0 Å². The van der Waals surface area contributed by atoms with E-state index in [0.717, 1.165) is 30.4 Å². The number of ether oxygens (including phenoxy) is 1. The second-order valence-corrected chi connectivity index (χ2v) is 7.99. The summed E-state index contributed by atoms with van der Waals surface area (Å²) in [6, 6.07) is 4.02. The van der Waals surface area contributed by atoms with Crippen LogP contribution in [-0.4, -0.2) is 65.5 Å². The molecule has 2 fully saturated rings. The maximum absolute atomic E-state index is 12.5. The van der Waals surface area contributed by atoms with Gasteiger partial charge in [0.05, 0.1) is 6.61 Å². The predicted molar refractivity (Wildman–Crippen MR) is 111 cm³/mol. The number of hydrogen-bond acceptors (Lipinski definition) is 5. The molecule has 4 N–H and O–H groups in total. The van der Waals surface area contributed by atoms with E-state index < -0.39 is 12.2 Å². The zero-order valence-electron chi connectivity index (χ0n) is 17.0. The van der Waals surface area contributed by atoms with Crippen LogP contribution in [0.15, 0.2) is 24.5 Å². The van der Waals surface area contributed by atoms with Crippen LogP contribution in [0.3, 0.4) is 0 Å². The smallest absolute Gasteiger partial charge is 0.404 e. The molecule has 1 saturated carbocycles. The molecule has 30 heavy (non-hydrogen) atoms. The van der Waals surface area contributed by atoms with Crippen LogP contribution in [0.2, 0.25) is 0 Å². The Morgan fingerprint density at radius 3 is 2.97 bits per heavy atom. The highest BCUT2D eigenvalue weighted by atomic mass is 16.5. The van der Waals surface area contributed by atoms with Crippen LogP contribution in [0, 0.1) is 5.92 Å². The molecule has 162 valence electrons. The molecule has 2 atom stereocenters. The van der Waals surface area contributed by atoms with Gasteiger partial charge in [-0.1, -0.05) is 0 Å². The number of morpholine rings is 1. The van der Waals surface area contributed by atoms with Crippen LogP contribution < -0.4 is 16.0 Å². The van der Waals surface area contributed by atoms with Gasteiger partial charge in [0.15, 0.2) is 0 Å². The fourth-order valence-corrected chi connectivity index (χ4v) is 4.15. The summed E-state index contributed by atoms with van der Waals surface area (Å²) in [5.41, 5.74) is 2.11. The van der Waals surface area contributed by atoms with Crippen LogP contribution in [0.25, 0.3) is 11.0 Å².